The van der Waals surface area contributed by atoms with Crippen molar-refractivity contribution in [3.63, 3.8) is 0 Å². The second-order valence-corrected chi connectivity index (χ2v) is 3.36. The lowest BCUT2D eigenvalue weighted by Crippen LogP contribution is -2.05. The van der Waals surface area contributed by atoms with E-state index in [4.69, 9.17) is 0 Å². The van der Waals surface area contributed by atoms with Gasteiger partial charge in [0.15, 0.2) is 5.78 Å². The van der Waals surface area contributed by atoms with Crippen molar-refractivity contribution in [2.24, 2.45) is 0 Å². The smallest absolute Gasteiger partial charge is 0.289 e. The fraction of sp³-hybridized carbons (Fsp3) is 0.182. The second-order valence-electron chi connectivity index (χ2n) is 3.36. The van der Waals surface area contributed by atoms with Gasteiger partial charge >= 0.3 is 6.18 Å². The number of hydrogen-bond donors (Lipinski definition) is 0. The van der Waals surface area contributed by atoms with Crippen molar-refractivity contribution in [2.75, 3.05) is 0 Å². The van der Waals surface area contributed by atoms with Gasteiger partial charge in [0.05, 0.1) is 16.9 Å². The van der Waals surface area contributed by atoms with Gasteiger partial charge < -0.3 is 0 Å². The lowest BCUT2D eigenvalue weighted by Gasteiger charge is -2.00. The number of hydrogen-bond acceptors (Lipinski definition) is 3. The molecule has 0 atom stereocenters. The first-order chi connectivity index (χ1) is 8.31. The Kier molecular flexibility index (Phi) is 4.19. The number of para-hydroxylation sites is 1. The molecule has 7 heteroatoms. The Hall–Kier alpha value is -2.18. The van der Waals surface area contributed by atoms with Crippen molar-refractivity contribution in [2.45, 2.75) is 12.6 Å². The van der Waals surface area contributed by atoms with E-state index in [2.05, 4.69) is 0 Å². The maximum atomic E-state index is 11.8. The van der Waals surface area contributed by atoms with Crippen LogP contribution in [-0.2, 0) is 0 Å². The standard InChI is InChI=1S/C11H8F3NO3/c12-11(13,14)7-3-6-10(16)8-4-1-2-5-9(8)15(17)18/h1-6H,7H2/b6-3+. The molecule has 0 N–H and O–H groups in total. The molecule has 0 unspecified atom stereocenters. The van der Waals surface area contributed by atoms with Crippen molar-refractivity contribution in [3.05, 3.63) is 52.1 Å². The van der Waals surface area contributed by atoms with Gasteiger partial charge in [0.25, 0.3) is 5.69 Å². The Bertz CT molecular complexity index is 495. The summed E-state index contributed by atoms with van der Waals surface area (Å²) < 4.78 is 35.5. The second kappa shape index (κ2) is 5.44. The average Bonchev–Trinajstić information content (AvgIpc) is 2.27. The molecular formula is C11H8F3NO3. The summed E-state index contributed by atoms with van der Waals surface area (Å²) in [5.74, 6) is -0.827. The van der Waals surface area contributed by atoms with Crippen LogP contribution in [0.2, 0.25) is 0 Å². The number of alkyl halides is 3. The number of rotatable bonds is 4. The Morgan fingerprint density at radius 3 is 2.50 bits per heavy atom. The van der Waals surface area contributed by atoms with Gasteiger partial charge in [-0.1, -0.05) is 18.2 Å². The molecular weight excluding hydrogens is 251 g/mol. The molecule has 0 amide bonds. The van der Waals surface area contributed by atoms with Crippen LogP contribution in [0.15, 0.2) is 36.4 Å². The van der Waals surface area contributed by atoms with Crippen LogP contribution in [0.4, 0.5) is 18.9 Å². The van der Waals surface area contributed by atoms with E-state index in [0.29, 0.717) is 12.2 Å². The first-order valence-electron chi connectivity index (χ1n) is 4.82. The zero-order valence-corrected chi connectivity index (χ0v) is 8.98. The van der Waals surface area contributed by atoms with E-state index in [1.54, 1.807) is 0 Å². The molecule has 0 aliphatic rings. The van der Waals surface area contributed by atoms with Crippen LogP contribution in [0.3, 0.4) is 0 Å². The summed E-state index contributed by atoms with van der Waals surface area (Å²) in [6.07, 6.45) is -4.33. The Labute approximate surface area is 99.9 Å². The fourth-order valence-electron chi connectivity index (χ4n) is 1.23. The zero-order chi connectivity index (χ0) is 13.8. The van der Waals surface area contributed by atoms with Crippen LogP contribution in [0.1, 0.15) is 16.8 Å². The highest BCUT2D eigenvalue weighted by atomic mass is 19.4. The predicted molar refractivity (Wildman–Crippen MR) is 57.2 cm³/mol. The highest BCUT2D eigenvalue weighted by molar-refractivity contribution is 6.07. The molecule has 0 spiro atoms. The number of benzene rings is 1. The lowest BCUT2D eigenvalue weighted by atomic mass is 10.1. The van der Waals surface area contributed by atoms with E-state index >= 15 is 0 Å². The van der Waals surface area contributed by atoms with Gasteiger partial charge in [-0.3, -0.25) is 14.9 Å². The van der Waals surface area contributed by atoms with Crippen LogP contribution in [0, 0.1) is 10.1 Å². The fourth-order valence-corrected chi connectivity index (χ4v) is 1.23. The molecule has 0 aliphatic heterocycles. The monoisotopic (exact) mass is 259 g/mol. The molecule has 0 saturated carbocycles. The number of ketones is 1. The molecule has 18 heavy (non-hydrogen) atoms. The molecule has 1 aromatic rings. The number of carbonyl (C=O) groups excluding carboxylic acids is 1. The van der Waals surface area contributed by atoms with E-state index in [1.165, 1.54) is 18.2 Å². The van der Waals surface area contributed by atoms with Crippen molar-refractivity contribution >= 4 is 11.5 Å². The lowest BCUT2D eigenvalue weighted by molar-refractivity contribution is -0.385. The molecule has 0 fully saturated rings. The van der Waals surface area contributed by atoms with Crippen molar-refractivity contribution in [1.82, 2.24) is 0 Å². The summed E-state index contributed by atoms with van der Waals surface area (Å²) in [5.41, 5.74) is -0.667. The van der Waals surface area contributed by atoms with Gasteiger partial charge in [-0.2, -0.15) is 13.2 Å². The summed E-state index contributed by atoms with van der Waals surface area (Å²) in [6.45, 7) is 0. The van der Waals surface area contributed by atoms with Gasteiger partial charge in [0, 0.05) is 6.07 Å². The Balaban J connectivity index is 2.88. The van der Waals surface area contributed by atoms with Crippen LogP contribution in [0.5, 0.6) is 0 Å². The van der Waals surface area contributed by atoms with Crippen LogP contribution >= 0.6 is 0 Å². The molecule has 4 nitrogen and oxygen atoms in total. The molecule has 1 rings (SSSR count). The van der Waals surface area contributed by atoms with Crippen molar-refractivity contribution < 1.29 is 22.9 Å². The molecule has 0 heterocycles. The molecule has 0 aliphatic carbocycles. The van der Waals surface area contributed by atoms with E-state index in [-0.39, 0.29) is 5.56 Å². The molecule has 0 bridgehead atoms. The quantitative estimate of drug-likeness (QED) is 0.361. The molecule has 0 aromatic heterocycles. The normalized spacial score (nSPS) is 11.7. The first kappa shape index (κ1) is 13.9. The minimum Gasteiger partial charge on any atom is -0.289 e. The maximum Gasteiger partial charge on any atom is 0.392 e. The van der Waals surface area contributed by atoms with E-state index in [9.17, 15) is 28.1 Å². The highest BCUT2D eigenvalue weighted by Crippen LogP contribution is 2.21. The van der Waals surface area contributed by atoms with E-state index in [1.807, 2.05) is 0 Å². The van der Waals surface area contributed by atoms with E-state index in [0.717, 1.165) is 6.07 Å². The number of halogens is 3. The number of nitro groups is 1. The minimum atomic E-state index is -4.40. The first-order valence-corrected chi connectivity index (χ1v) is 4.82. The largest absolute Gasteiger partial charge is 0.392 e. The van der Waals surface area contributed by atoms with Gasteiger partial charge in [0.2, 0.25) is 0 Å². The Morgan fingerprint density at radius 2 is 1.94 bits per heavy atom. The minimum absolute atomic E-state index is 0.235. The SMILES string of the molecule is O=C(/C=C/CC(F)(F)F)c1ccccc1[N+](=O)[O-]. The molecule has 0 saturated heterocycles. The number of carbonyl (C=O) groups is 1. The number of allylic oxidation sites excluding steroid dienone is 2. The zero-order valence-electron chi connectivity index (χ0n) is 8.98. The molecule has 0 radical (unpaired) electrons. The summed E-state index contributed by atoms with van der Waals surface area (Å²) in [5, 5.41) is 10.6. The van der Waals surface area contributed by atoms with Crippen LogP contribution < -0.4 is 0 Å². The number of nitrogens with zero attached hydrogens (tertiary/aromatic N) is 1. The summed E-state index contributed by atoms with van der Waals surface area (Å²) in [7, 11) is 0. The molecule has 96 valence electrons. The summed E-state index contributed by atoms with van der Waals surface area (Å²) in [4.78, 5) is 21.3. The van der Waals surface area contributed by atoms with Gasteiger partial charge in [-0.15, -0.1) is 0 Å². The highest BCUT2D eigenvalue weighted by Gasteiger charge is 2.25. The summed E-state index contributed by atoms with van der Waals surface area (Å²) >= 11 is 0. The van der Waals surface area contributed by atoms with Crippen LogP contribution in [-0.4, -0.2) is 16.9 Å². The van der Waals surface area contributed by atoms with Crippen LogP contribution in [0.25, 0.3) is 0 Å². The van der Waals surface area contributed by atoms with Gasteiger partial charge in [-0.05, 0) is 12.1 Å². The van der Waals surface area contributed by atoms with E-state index < -0.39 is 29.0 Å². The number of nitro benzene ring substituents is 1. The van der Waals surface area contributed by atoms with Gasteiger partial charge in [-0.25, -0.2) is 0 Å². The average molecular weight is 259 g/mol. The van der Waals surface area contributed by atoms with Crippen molar-refractivity contribution in [1.29, 1.82) is 0 Å². The maximum absolute atomic E-state index is 11.8. The third kappa shape index (κ3) is 4.00. The van der Waals surface area contributed by atoms with Crippen molar-refractivity contribution in [3.8, 4) is 0 Å². The Morgan fingerprint density at radius 1 is 1.33 bits per heavy atom. The van der Waals surface area contributed by atoms with Gasteiger partial charge in [0.1, 0.15) is 0 Å². The predicted octanol–water partition coefficient (Wildman–Crippen LogP) is 3.29. The topological polar surface area (TPSA) is 60.2 Å². The summed E-state index contributed by atoms with van der Waals surface area (Å²) in [6, 6.07) is 5.08. The third-order valence-corrected chi connectivity index (χ3v) is 1.98. The third-order valence-electron chi connectivity index (χ3n) is 1.98. The molecule has 1 aromatic carbocycles.